The molecule has 1 aromatic rings. The molecule has 8 nitrogen and oxygen atoms in total. The highest BCUT2D eigenvalue weighted by atomic mass is 79.9. The number of nitrogens with zero attached hydrogens (tertiary/aromatic N) is 3. The van der Waals surface area contributed by atoms with Crippen LogP contribution in [0.3, 0.4) is 0 Å². The fourth-order valence-electron chi connectivity index (χ4n) is 6.93. The molecule has 1 spiro atoms. The molecule has 0 aromatic heterocycles. The van der Waals surface area contributed by atoms with Crippen LogP contribution in [-0.2, 0) is 19.1 Å². The molecule has 3 heterocycles. The topological polar surface area (TPSA) is 90.4 Å². The number of alkyl halides is 1. The highest BCUT2D eigenvalue weighted by molar-refractivity contribution is 9.09. The highest BCUT2D eigenvalue weighted by Crippen LogP contribution is 2.61. The van der Waals surface area contributed by atoms with Crippen LogP contribution in [0, 0.1) is 17.8 Å². The SMILES string of the molecule is C=CCN(C(=O)[C@H]1[C@H]2C(=O)N([C@@H](CO)CC(C)C)C(C(=O)N(CC=C)C(C)C)C23CC(Br)[C@@H]1O3)c1ccccc1. The van der Waals surface area contributed by atoms with Gasteiger partial charge in [0.15, 0.2) is 0 Å². The minimum atomic E-state index is -1.19. The number of rotatable bonds is 12. The number of aliphatic hydroxyl groups is 1. The molecule has 3 aliphatic rings. The molecule has 40 heavy (non-hydrogen) atoms. The molecule has 0 radical (unpaired) electrons. The number of hydrogen-bond acceptors (Lipinski definition) is 5. The Hall–Kier alpha value is -2.49. The number of anilines is 1. The zero-order valence-corrected chi connectivity index (χ0v) is 25.5. The quantitative estimate of drug-likeness (QED) is 0.285. The third kappa shape index (κ3) is 5.05. The first-order valence-corrected chi connectivity index (χ1v) is 15.1. The summed E-state index contributed by atoms with van der Waals surface area (Å²) in [6.07, 6.45) is 3.70. The Balaban J connectivity index is 1.84. The number of ether oxygens (including phenoxy) is 1. The first-order valence-electron chi connectivity index (χ1n) is 14.2. The maximum atomic E-state index is 14.5. The number of hydrogen-bond donors (Lipinski definition) is 1. The smallest absolute Gasteiger partial charge is 0.248 e. The van der Waals surface area contributed by atoms with Gasteiger partial charge in [0.1, 0.15) is 11.6 Å². The van der Waals surface area contributed by atoms with Gasteiger partial charge in [-0.3, -0.25) is 14.4 Å². The summed E-state index contributed by atoms with van der Waals surface area (Å²) in [4.78, 5) is 47.9. The molecule has 3 amide bonds. The van der Waals surface area contributed by atoms with Gasteiger partial charge in [-0.2, -0.15) is 0 Å². The monoisotopic (exact) mass is 615 g/mol. The molecule has 2 bridgehead atoms. The lowest BCUT2D eigenvalue weighted by atomic mass is 9.70. The van der Waals surface area contributed by atoms with Crippen molar-refractivity contribution in [2.45, 2.75) is 75.2 Å². The second-order valence-electron chi connectivity index (χ2n) is 11.8. The Bertz CT molecular complexity index is 1130. The van der Waals surface area contributed by atoms with Crippen LogP contribution in [-0.4, -0.2) is 87.0 Å². The average Bonchev–Trinajstić information content (AvgIpc) is 3.51. The number of halogens is 1. The largest absolute Gasteiger partial charge is 0.394 e. The molecule has 1 N–H and O–H groups in total. The summed E-state index contributed by atoms with van der Waals surface area (Å²) in [5, 5.41) is 10.5. The van der Waals surface area contributed by atoms with Crippen molar-refractivity contribution in [3.63, 3.8) is 0 Å². The van der Waals surface area contributed by atoms with Crippen LogP contribution in [0.15, 0.2) is 55.6 Å². The van der Waals surface area contributed by atoms with Crippen LogP contribution < -0.4 is 4.90 Å². The van der Waals surface area contributed by atoms with E-state index < -0.39 is 35.6 Å². The molecule has 3 aliphatic heterocycles. The van der Waals surface area contributed by atoms with Gasteiger partial charge in [0, 0.05) is 29.6 Å². The first kappa shape index (κ1) is 30.5. The standard InChI is InChI=1S/C31H42BrN3O5/c1-7-14-33(20(5)6)30(39)27-31-17-23(32)26(40-31)24(25(31)29(38)35(27)22(18-36)16-19(3)4)28(37)34(15-8-2)21-12-10-9-11-13-21/h7-13,19-20,22-27,36H,1-2,14-18H2,3-6H3/t22-,23?,24+,25+,26+,27?,31?/m1/s1. The predicted octanol–water partition coefficient (Wildman–Crippen LogP) is 3.78. The van der Waals surface area contributed by atoms with Crippen molar-refractivity contribution in [3.8, 4) is 0 Å². The van der Waals surface area contributed by atoms with Gasteiger partial charge in [0.25, 0.3) is 0 Å². The van der Waals surface area contributed by atoms with Crippen molar-refractivity contribution in [1.29, 1.82) is 0 Å². The molecule has 3 saturated heterocycles. The number of likely N-dealkylation sites (tertiary alicyclic amines) is 1. The molecule has 7 atom stereocenters. The molecule has 1 aromatic carbocycles. The van der Waals surface area contributed by atoms with Crippen molar-refractivity contribution in [2.75, 3.05) is 24.6 Å². The molecule has 3 unspecified atom stereocenters. The molecule has 0 aliphatic carbocycles. The van der Waals surface area contributed by atoms with Crippen molar-refractivity contribution >= 4 is 39.3 Å². The Labute approximate surface area is 246 Å². The zero-order valence-electron chi connectivity index (χ0n) is 23.9. The average molecular weight is 617 g/mol. The second kappa shape index (κ2) is 12.2. The molecule has 218 valence electrons. The van der Waals surface area contributed by atoms with Crippen molar-refractivity contribution < 1.29 is 24.2 Å². The lowest BCUT2D eigenvalue weighted by Crippen LogP contribution is -2.60. The normalized spacial score (nSPS) is 29.6. The second-order valence-corrected chi connectivity index (χ2v) is 13.0. The molecule has 4 rings (SSSR count). The summed E-state index contributed by atoms with van der Waals surface area (Å²) in [6, 6.07) is 7.62. The minimum absolute atomic E-state index is 0.146. The van der Waals surface area contributed by atoms with Crippen molar-refractivity contribution in [2.24, 2.45) is 17.8 Å². The summed E-state index contributed by atoms with van der Waals surface area (Å²) in [5.41, 5.74) is -0.488. The molecule has 9 heteroatoms. The van der Waals surface area contributed by atoms with Crippen LogP contribution >= 0.6 is 15.9 Å². The van der Waals surface area contributed by atoms with E-state index in [2.05, 4.69) is 29.1 Å². The third-order valence-electron chi connectivity index (χ3n) is 8.47. The van der Waals surface area contributed by atoms with E-state index in [9.17, 15) is 19.5 Å². The Morgan fingerprint density at radius 2 is 1.80 bits per heavy atom. The van der Waals surface area contributed by atoms with Gasteiger partial charge in [0.05, 0.1) is 30.6 Å². The van der Waals surface area contributed by atoms with E-state index in [1.165, 1.54) is 0 Å². The minimum Gasteiger partial charge on any atom is -0.394 e. The van der Waals surface area contributed by atoms with E-state index >= 15 is 0 Å². The fourth-order valence-corrected chi connectivity index (χ4v) is 7.88. The molecular formula is C31H42BrN3O5. The maximum Gasteiger partial charge on any atom is 0.248 e. The van der Waals surface area contributed by atoms with Crippen LogP contribution in [0.5, 0.6) is 0 Å². The molecule has 0 saturated carbocycles. The Kier molecular flexibility index (Phi) is 9.27. The Morgan fingerprint density at radius 3 is 2.35 bits per heavy atom. The fraction of sp³-hybridized carbons (Fsp3) is 0.581. The summed E-state index contributed by atoms with van der Waals surface area (Å²) in [5.74, 6) is -2.24. The van der Waals surface area contributed by atoms with E-state index in [1.54, 1.807) is 26.9 Å². The number of para-hydroxylation sites is 1. The highest BCUT2D eigenvalue weighted by Gasteiger charge is 2.77. The predicted molar refractivity (Wildman–Crippen MR) is 159 cm³/mol. The van der Waals surface area contributed by atoms with Crippen LogP contribution in [0.1, 0.15) is 40.5 Å². The van der Waals surface area contributed by atoms with Crippen LogP contribution in [0.2, 0.25) is 0 Å². The van der Waals surface area contributed by atoms with E-state index in [-0.39, 0.29) is 47.7 Å². The Morgan fingerprint density at radius 1 is 1.15 bits per heavy atom. The summed E-state index contributed by atoms with van der Waals surface area (Å²) in [6.45, 7) is 15.9. The number of aliphatic hydroxyl groups excluding tert-OH is 1. The van der Waals surface area contributed by atoms with E-state index in [1.807, 2.05) is 58.0 Å². The van der Waals surface area contributed by atoms with Crippen molar-refractivity contribution in [3.05, 3.63) is 55.6 Å². The van der Waals surface area contributed by atoms with Crippen molar-refractivity contribution in [1.82, 2.24) is 9.80 Å². The molecular weight excluding hydrogens is 574 g/mol. The summed E-state index contributed by atoms with van der Waals surface area (Å²) < 4.78 is 6.70. The van der Waals surface area contributed by atoms with E-state index in [0.29, 0.717) is 25.1 Å². The lowest BCUT2D eigenvalue weighted by molar-refractivity contribution is -0.152. The van der Waals surface area contributed by atoms with Crippen LogP contribution in [0.4, 0.5) is 5.69 Å². The number of benzene rings is 1. The summed E-state index contributed by atoms with van der Waals surface area (Å²) in [7, 11) is 0. The number of carbonyl (C=O) groups excluding carboxylic acids is 3. The van der Waals surface area contributed by atoms with Gasteiger partial charge < -0.3 is 24.5 Å². The maximum absolute atomic E-state index is 14.5. The van der Waals surface area contributed by atoms with Gasteiger partial charge in [-0.1, -0.05) is 60.1 Å². The van der Waals surface area contributed by atoms with Crippen LogP contribution in [0.25, 0.3) is 0 Å². The number of carbonyl (C=O) groups is 3. The number of amides is 3. The van der Waals surface area contributed by atoms with E-state index in [0.717, 1.165) is 0 Å². The first-order chi connectivity index (χ1) is 19.0. The van der Waals surface area contributed by atoms with E-state index in [4.69, 9.17) is 4.74 Å². The summed E-state index contributed by atoms with van der Waals surface area (Å²) >= 11 is 3.75. The van der Waals surface area contributed by atoms with Gasteiger partial charge in [-0.25, -0.2) is 0 Å². The van der Waals surface area contributed by atoms with Gasteiger partial charge in [0.2, 0.25) is 17.7 Å². The zero-order chi connectivity index (χ0) is 29.4. The number of fused-ring (bicyclic) bond motifs is 1. The lowest BCUT2D eigenvalue weighted by Gasteiger charge is -2.40. The molecule has 3 fully saturated rings. The third-order valence-corrected chi connectivity index (χ3v) is 9.32. The van der Waals surface area contributed by atoms with Gasteiger partial charge in [-0.15, -0.1) is 13.2 Å². The van der Waals surface area contributed by atoms with Gasteiger partial charge >= 0.3 is 0 Å². The van der Waals surface area contributed by atoms with Gasteiger partial charge in [-0.05, 0) is 44.7 Å².